The van der Waals surface area contributed by atoms with E-state index in [4.69, 9.17) is 0 Å². The molecule has 0 aromatic carbocycles. The van der Waals surface area contributed by atoms with Crippen molar-refractivity contribution in [1.29, 1.82) is 0 Å². The molecular formula is C15H22N4O. The first kappa shape index (κ1) is 13.5. The predicted octanol–water partition coefficient (Wildman–Crippen LogP) is 1.55. The number of β-amino-alcohol motifs (C(OH)–C–C–N with tert-alkyl or cyclic N) is 1. The number of hydrogen-bond donors (Lipinski definition) is 1. The van der Waals surface area contributed by atoms with Crippen molar-refractivity contribution < 1.29 is 5.11 Å². The van der Waals surface area contributed by atoms with Gasteiger partial charge in [0.25, 0.3) is 0 Å². The normalized spacial score (nSPS) is 24.4. The standard InChI is InChI=1S/C15H22N4O/c1-10-4-5-18(9-14(10)20)7-13-8-19-12(3)6-11(2)16-15(19)17-13/h6,8,10,14,20H,4-5,7,9H2,1-3H3. The molecule has 0 spiro atoms. The Bertz CT molecular complexity index is 622. The maximum atomic E-state index is 9.97. The van der Waals surface area contributed by atoms with Gasteiger partial charge in [-0.05, 0) is 38.8 Å². The minimum atomic E-state index is -0.220. The van der Waals surface area contributed by atoms with Gasteiger partial charge in [-0.3, -0.25) is 9.30 Å². The molecule has 5 heteroatoms. The van der Waals surface area contributed by atoms with Crippen LogP contribution in [0.3, 0.4) is 0 Å². The average molecular weight is 274 g/mol. The van der Waals surface area contributed by atoms with Crippen LogP contribution in [0, 0.1) is 19.8 Å². The molecule has 2 aromatic heterocycles. The fourth-order valence-electron chi connectivity index (χ4n) is 2.88. The number of nitrogens with zero attached hydrogens (tertiary/aromatic N) is 4. The lowest BCUT2D eigenvalue weighted by Gasteiger charge is -2.33. The summed E-state index contributed by atoms with van der Waals surface area (Å²) in [6.45, 7) is 8.72. The molecule has 2 atom stereocenters. The van der Waals surface area contributed by atoms with Crippen molar-refractivity contribution in [2.45, 2.75) is 39.8 Å². The van der Waals surface area contributed by atoms with Crippen molar-refractivity contribution in [2.24, 2.45) is 5.92 Å². The van der Waals surface area contributed by atoms with Crippen LogP contribution in [0.4, 0.5) is 0 Å². The maximum absolute atomic E-state index is 9.97. The Labute approximate surface area is 119 Å². The van der Waals surface area contributed by atoms with E-state index in [2.05, 4.69) is 41.0 Å². The lowest BCUT2D eigenvalue weighted by atomic mass is 9.96. The minimum Gasteiger partial charge on any atom is -0.392 e. The van der Waals surface area contributed by atoms with E-state index < -0.39 is 0 Å². The van der Waals surface area contributed by atoms with Gasteiger partial charge in [0.1, 0.15) is 0 Å². The van der Waals surface area contributed by atoms with Crippen LogP contribution in [0.2, 0.25) is 0 Å². The molecule has 0 radical (unpaired) electrons. The lowest BCUT2D eigenvalue weighted by molar-refractivity contribution is 0.0255. The van der Waals surface area contributed by atoms with E-state index in [1.807, 2.05) is 11.3 Å². The summed E-state index contributed by atoms with van der Waals surface area (Å²) in [6.07, 6.45) is 2.88. The summed E-state index contributed by atoms with van der Waals surface area (Å²) < 4.78 is 2.03. The average Bonchev–Trinajstić information content (AvgIpc) is 2.76. The summed E-state index contributed by atoms with van der Waals surface area (Å²) in [7, 11) is 0. The largest absolute Gasteiger partial charge is 0.392 e. The second kappa shape index (κ2) is 5.14. The molecule has 0 aliphatic carbocycles. The summed E-state index contributed by atoms with van der Waals surface area (Å²) in [5.41, 5.74) is 3.17. The highest BCUT2D eigenvalue weighted by Gasteiger charge is 2.24. The number of fused-ring (bicyclic) bond motifs is 1. The molecule has 0 bridgehead atoms. The molecule has 20 heavy (non-hydrogen) atoms. The molecule has 3 rings (SSSR count). The molecule has 1 fully saturated rings. The molecule has 1 aliphatic rings. The maximum Gasteiger partial charge on any atom is 0.234 e. The lowest BCUT2D eigenvalue weighted by Crippen LogP contribution is -2.42. The third-order valence-corrected chi connectivity index (χ3v) is 4.20. The number of aliphatic hydroxyl groups is 1. The molecule has 3 heterocycles. The third kappa shape index (κ3) is 2.55. The first-order valence-corrected chi connectivity index (χ1v) is 7.25. The quantitative estimate of drug-likeness (QED) is 0.902. The molecule has 2 unspecified atom stereocenters. The fraction of sp³-hybridized carbons (Fsp3) is 0.600. The van der Waals surface area contributed by atoms with Gasteiger partial charge in [-0.15, -0.1) is 0 Å². The second-order valence-corrected chi connectivity index (χ2v) is 6.01. The molecule has 1 aliphatic heterocycles. The molecule has 1 N–H and O–H groups in total. The van der Waals surface area contributed by atoms with Gasteiger partial charge in [0.2, 0.25) is 5.78 Å². The number of likely N-dealkylation sites (tertiary alicyclic amines) is 1. The first-order valence-electron chi connectivity index (χ1n) is 7.25. The molecule has 1 saturated heterocycles. The van der Waals surface area contributed by atoms with Gasteiger partial charge in [-0.2, -0.15) is 0 Å². The SMILES string of the molecule is Cc1cc(C)n2cc(CN3CCC(C)C(O)C3)nc2n1. The summed E-state index contributed by atoms with van der Waals surface area (Å²) in [5.74, 6) is 1.17. The number of hydrogen-bond acceptors (Lipinski definition) is 4. The van der Waals surface area contributed by atoms with E-state index in [1.165, 1.54) is 0 Å². The molecular weight excluding hydrogens is 252 g/mol. The monoisotopic (exact) mass is 274 g/mol. The number of aryl methyl sites for hydroxylation is 2. The van der Waals surface area contributed by atoms with Crippen LogP contribution in [-0.2, 0) is 6.54 Å². The number of aliphatic hydroxyl groups excluding tert-OH is 1. The van der Waals surface area contributed by atoms with Crippen molar-refractivity contribution in [3.8, 4) is 0 Å². The van der Waals surface area contributed by atoms with Gasteiger partial charge < -0.3 is 5.11 Å². The van der Waals surface area contributed by atoms with Gasteiger partial charge in [0.05, 0.1) is 11.8 Å². The highest BCUT2D eigenvalue weighted by Crippen LogP contribution is 2.19. The van der Waals surface area contributed by atoms with E-state index in [0.717, 1.165) is 48.9 Å². The zero-order chi connectivity index (χ0) is 14.3. The van der Waals surface area contributed by atoms with Crippen LogP contribution in [-0.4, -0.2) is 43.6 Å². The van der Waals surface area contributed by atoms with Crippen molar-refractivity contribution in [3.05, 3.63) is 29.3 Å². The van der Waals surface area contributed by atoms with E-state index in [-0.39, 0.29) is 6.10 Å². The van der Waals surface area contributed by atoms with Crippen molar-refractivity contribution >= 4 is 5.78 Å². The summed E-state index contributed by atoms with van der Waals surface area (Å²) >= 11 is 0. The van der Waals surface area contributed by atoms with Gasteiger partial charge >= 0.3 is 0 Å². The number of piperidine rings is 1. The summed E-state index contributed by atoms with van der Waals surface area (Å²) in [6, 6.07) is 2.06. The Hall–Kier alpha value is -1.46. The summed E-state index contributed by atoms with van der Waals surface area (Å²) in [4.78, 5) is 11.3. The summed E-state index contributed by atoms with van der Waals surface area (Å²) in [5, 5.41) is 9.97. The molecule has 0 saturated carbocycles. The van der Waals surface area contributed by atoms with E-state index in [0.29, 0.717) is 5.92 Å². The smallest absolute Gasteiger partial charge is 0.234 e. The number of imidazole rings is 1. The zero-order valence-corrected chi connectivity index (χ0v) is 12.4. The number of aromatic nitrogens is 3. The highest BCUT2D eigenvalue weighted by molar-refractivity contribution is 5.34. The zero-order valence-electron chi connectivity index (χ0n) is 12.4. The third-order valence-electron chi connectivity index (χ3n) is 4.20. The van der Waals surface area contributed by atoms with Crippen LogP contribution in [0.5, 0.6) is 0 Å². The van der Waals surface area contributed by atoms with Gasteiger partial charge in [0.15, 0.2) is 0 Å². The van der Waals surface area contributed by atoms with Crippen LogP contribution in [0.15, 0.2) is 12.3 Å². The van der Waals surface area contributed by atoms with E-state index >= 15 is 0 Å². The second-order valence-electron chi connectivity index (χ2n) is 6.01. The Kier molecular flexibility index (Phi) is 3.48. The molecule has 5 nitrogen and oxygen atoms in total. The fourth-order valence-corrected chi connectivity index (χ4v) is 2.88. The van der Waals surface area contributed by atoms with Crippen LogP contribution in [0.25, 0.3) is 5.78 Å². The molecule has 2 aromatic rings. The Balaban J connectivity index is 1.80. The first-order chi connectivity index (χ1) is 9.52. The predicted molar refractivity (Wildman–Crippen MR) is 77.5 cm³/mol. The number of rotatable bonds is 2. The van der Waals surface area contributed by atoms with Crippen LogP contribution >= 0.6 is 0 Å². The van der Waals surface area contributed by atoms with E-state index in [9.17, 15) is 5.11 Å². The van der Waals surface area contributed by atoms with Gasteiger partial charge in [-0.25, -0.2) is 9.97 Å². The van der Waals surface area contributed by atoms with Crippen LogP contribution < -0.4 is 0 Å². The van der Waals surface area contributed by atoms with Crippen molar-refractivity contribution in [3.63, 3.8) is 0 Å². The van der Waals surface area contributed by atoms with Crippen molar-refractivity contribution in [1.82, 2.24) is 19.3 Å². The highest BCUT2D eigenvalue weighted by atomic mass is 16.3. The minimum absolute atomic E-state index is 0.220. The van der Waals surface area contributed by atoms with E-state index in [1.54, 1.807) is 0 Å². The topological polar surface area (TPSA) is 53.7 Å². The Morgan fingerprint density at radius 3 is 2.90 bits per heavy atom. The Morgan fingerprint density at radius 2 is 2.15 bits per heavy atom. The van der Waals surface area contributed by atoms with Crippen molar-refractivity contribution in [2.75, 3.05) is 13.1 Å². The molecule has 108 valence electrons. The van der Waals surface area contributed by atoms with Crippen LogP contribution in [0.1, 0.15) is 30.4 Å². The van der Waals surface area contributed by atoms with Gasteiger partial charge in [0, 0.05) is 30.7 Å². The Morgan fingerprint density at radius 1 is 1.35 bits per heavy atom. The van der Waals surface area contributed by atoms with Gasteiger partial charge in [-0.1, -0.05) is 6.92 Å². The molecule has 0 amide bonds.